The van der Waals surface area contributed by atoms with Crippen LogP contribution in [0.15, 0.2) is 42.5 Å². The highest BCUT2D eigenvalue weighted by Crippen LogP contribution is 2.55. The van der Waals surface area contributed by atoms with E-state index >= 15 is 0 Å². The molecule has 0 spiro atoms. The number of fused-ring (bicyclic) bond motifs is 1. The number of phenolic OH excluding ortho intramolecular Hbond substituents is 2. The fourth-order valence-electron chi connectivity index (χ4n) is 6.09. The topological polar surface area (TPSA) is 124 Å². The average Bonchev–Trinajstić information content (AvgIpc) is 2.97. The van der Waals surface area contributed by atoms with Gasteiger partial charge in [-0.3, -0.25) is 9.59 Å². The minimum absolute atomic E-state index is 0.0258. The van der Waals surface area contributed by atoms with Gasteiger partial charge in [0.2, 0.25) is 0 Å². The third-order valence-corrected chi connectivity index (χ3v) is 10.1. The largest absolute Gasteiger partial charge is 0.508 e. The Labute approximate surface area is 262 Å². The van der Waals surface area contributed by atoms with Crippen LogP contribution in [0.3, 0.4) is 0 Å². The zero-order chi connectivity index (χ0) is 33.5. The quantitative estimate of drug-likeness (QED) is 0.0756. The molecule has 0 amide bonds. The monoisotopic (exact) mass is 662 g/mol. The van der Waals surface area contributed by atoms with E-state index in [1.165, 1.54) is 0 Å². The molecule has 2 aromatic rings. The van der Waals surface area contributed by atoms with Gasteiger partial charge in [-0.2, -0.15) is 22.0 Å². The van der Waals surface area contributed by atoms with E-state index in [0.29, 0.717) is 25.2 Å². The summed E-state index contributed by atoms with van der Waals surface area (Å²) in [4.78, 5) is 23.7. The van der Waals surface area contributed by atoms with Gasteiger partial charge in [0.1, 0.15) is 23.9 Å². The van der Waals surface area contributed by atoms with Crippen molar-refractivity contribution in [3.05, 3.63) is 53.6 Å². The minimum Gasteiger partial charge on any atom is -0.508 e. The van der Waals surface area contributed by atoms with Crippen LogP contribution in [0.1, 0.15) is 87.7 Å². The third-order valence-electron chi connectivity index (χ3n) is 8.77. The number of carboxylic acid groups (broad SMARTS) is 2. The smallest absolute Gasteiger partial charge is 0.453 e. The van der Waals surface area contributed by atoms with Crippen molar-refractivity contribution in [2.75, 3.05) is 12.9 Å². The molecule has 0 saturated heterocycles. The number of hydrogen-bond acceptors (Lipinski definition) is 6. The third kappa shape index (κ3) is 8.33. The molecule has 1 aliphatic heterocycles. The Morgan fingerprint density at radius 2 is 1.38 bits per heavy atom. The van der Waals surface area contributed by atoms with Crippen molar-refractivity contribution in [3.8, 4) is 17.2 Å². The molecule has 3 rings (SSSR count). The van der Waals surface area contributed by atoms with E-state index in [9.17, 15) is 52.0 Å². The fourth-order valence-corrected chi connectivity index (χ4v) is 7.17. The predicted molar refractivity (Wildman–Crippen MR) is 159 cm³/mol. The molecule has 7 nitrogen and oxygen atoms in total. The summed E-state index contributed by atoms with van der Waals surface area (Å²) >= 11 is 1.66. The molecule has 1 heterocycles. The fraction of sp³-hybridized carbons (Fsp3) is 0.562. The highest BCUT2D eigenvalue weighted by Gasteiger charge is 2.57. The number of carboxylic acids is 2. The summed E-state index contributed by atoms with van der Waals surface area (Å²) in [5, 5.41) is 39.0. The van der Waals surface area contributed by atoms with Crippen LogP contribution in [0.2, 0.25) is 0 Å². The van der Waals surface area contributed by atoms with Crippen LogP contribution in [0.25, 0.3) is 0 Å². The van der Waals surface area contributed by atoms with Gasteiger partial charge in [-0.05, 0) is 61.3 Å². The van der Waals surface area contributed by atoms with Gasteiger partial charge in [-0.15, -0.1) is 11.8 Å². The lowest BCUT2D eigenvalue weighted by molar-refractivity contribution is -0.284. The number of benzene rings is 2. The number of aliphatic carboxylic acids is 2. The molecule has 4 N–H and O–H groups in total. The molecule has 0 aliphatic carbocycles. The molecular weight excluding hydrogens is 623 g/mol. The zero-order valence-electron chi connectivity index (χ0n) is 24.9. The highest BCUT2D eigenvalue weighted by molar-refractivity contribution is 7.99. The van der Waals surface area contributed by atoms with Crippen molar-refractivity contribution < 1.29 is 56.7 Å². The van der Waals surface area contributed by atoms with Crippen molar-refractivity contribution in [1.82, 2.24) is 0 Å². The van der Waals surface area contributed by atoms with E-state index < -0.39 is 53.5 Å². The van der Waals surface area contributed by atoms with E-state index in [0.717, 1.165) is 36.8 Å². The number of aromatic hydroxyl groups is 2. The number of unbranched alkanes of at least 4 members (excludes halogenated alkanes) is 5. The zero-order valence-corrected chi connectivity index (χ0v) is 25.7. The summed E-state index contributed by atoms with van der Waals surface area (Å²) < 4.78 is 69.6. The van der Waals surface area contributed by atoms with Crippen molar-refractivity contribution in [2.45, 2.75) is 93.4 Å². The Balaban J connectivity index is 1.56. The minimum atomic E-state index is -5.79. The maximum absolute atomic E-state index is 13.3. The van der Waals surface area contributed by atoms with Crippen molar-refractivity contribution in [3.63, 3.8) is 0 Å². The van der Waals surface area contributed by atoms with Gasteiger partial charge in [0.05, 0.1) is 4.75 Å². The molecule has 1 aliphatic rings. The molecule has 250 valence electrons. The highest BCUT2D eigenvalue weighted by atomic mass is 32.2. The molecule has 0 aromatic heterocycles. The molecular formula is C32H39F5O7S. The van der Waals surface area contributed by atoms with Gasteiger partial charge in [0.25, 0.3) is 0 Å². The van der Waals surface area contributed by atoms with Crippen molar-refractivity contribution in [1.29, 1.82) is 0 Å². The SMILES string of the molecule is CSC1(c2ccc(O)cc2)COc2cc(O)ccc2C1CCCCCCCCC(CCCC(F)(F)C(F)(F)F)(C(=O)O)C(=O)O. The van der Waals surface area contributed by atoms with Gasteiger partial charge in [0.15, 0.2) is 5.41 Å². The molecule has 0 fully saturated rings. The first-order valence-corrected chi connectivity index (χ1v) is 16.0. The first-order valence-electron chi connectivity index (χ1n) is 14.8. The average molecular weight is 663 g/mol. The number of phenols is 2. The van der Waals surface area contributed by atoms with Gasteiger partial charge in [0, 0.05) is 18.4 Å². The lowest BCUT2D eigenvalue weighted by Crippen LogP contribution is -2.41. The second-order valence-corrected chi connectivity index (χ2v) is 12.7. The summed E-state index contributed by atoms with van der Waals surface area (Å²) in [6, 6.07) is 12.1. The van der Waals surface area contributed by atoms with Crippen LogP contribution < -0.4 is 4.74 Å². The van der Waals surface area contributed by atoms with E-state index in [4.69, 9.17) is 4.74 Å². The Hall–Kier alpha value is -3.22. The number of hydrogen-bond donors (Lipinski definition) is 4. The van der Waals surface area contributed by atoms with Crippen LogP contribution in [-0.4, -0.2) is 57.3 Å². The van der Waals surface area contributed by atoms with Crippen molar-refractivity contribution >= 4 is 23.7 Å². The molecule has 0 radical (unpaired) electrons. The van der Waals surface area contributed by atoms with E-state index in [1.54, 1.807) is 36.0 Å². The number of carbonyl (C=O) groups is 2. The first kappa shape index (κ1) is 36.3. The molecule has 2 unspecified atom stereocenters. The van der Waals surface area contributed by atoms with Gasteiger partial charge in [-0.1, -0.05) is 56.7 Å². The molecule has 13 heteroatoms. The van der Waals surface area contributed by atoms with Gasteiger partial charge >= 0.3 is 24.0 Å². The first-order chi connectivity index (χ1) is 21.1. The van der Waals surface area contributed by atoms with Crippen LogP contribution in [0.4, 0.5) is 22.0 Å². The van der Waals surface area contributed by atoms with E-state index in [-0.39, 0.29) is 30.3 Å². The maximum atomic E-state index is 13.3. The van der Waals surface area contributed by atoms with E-state index in [1.807, 2.05) is 24.5 Å². The summed E-state index contributed by atoms with van der Waals surface area (Å²) in [5.41, 5.74) is -0.464. The summed E-state index contributed by atoms with van der Waals surface area (Å²) in [6.07, 6.45) is -3.07. The Kier molecular flexibility index (Phi) is 12.0. The van der Waals surface area contributed by atoms with Crippen LogP contribution in [-0.2, 0) is 14.3 Å². The molecule has 45 heavy (non-hydrogen) atoms. The summed E-state index contributed by atoms with van der Waals surface area (Å²) in [5.74, 6) is -7.63. The molecule has 2 aromatic carbocycles. The summed E-state index contributed by atoms with van der Waals surface area (Å²) in [6.45, 7) is 0.364. The number of halogens is 5. The Morgan fingerprint density at radius 3 is 1.96 bits per heavy atom. The van der Waals surface area contributed by atoms with Gasteiger partial charge in [-0.25, -0.2) is 0 Å². The lowest BCUT2D eigenvalue weighted by Gasteiger charge is -2.44. The van der Waals surface area contributed by atoms with Crippen LogP contribution >= 0.6 is 11.8 Å². The standard InChI is InChI=1S/C32H39F5O7S/c1-45-30(21-10-12-22(38)13-11-21)20-44-26-19-23(39)14-15-24(26)25(30)9-6-4-2-3-5-7-16-29(27(40)41,28(42)43)17-8-18-31(33,34)32(35,36)37/h10-15,19,25,38-39H,2-9,16-18,20H2,1H3,(H,40,41)(H,42,43). The van der Waals surface area contributed by atoms with Crippen LogP contribution in [0.5, 0.6) is 17.2 Å². The van der Waals surface area contributed by atoms with E-state index in [2.05, 4.69) is 0 Å². The maximum Gasteiger partial charge on any atom is 0.453 e. The second kappa shape index (κ2) is 14.9. The molecule has 0 saturated carbocycles. The predicted octanol–water partition coefficient (Wildman–Crippen LogP) is 8.48. The lowest BCUT2D eigenvalue weighted by atomic mass is 9.76. The Morgan fingerprint density at radius 1 is 0.822 bits per heavy atom. The Bertz CT molecular complexity index is 1290. The van der Waals surface area contributed by atoms with Crippen LogP contribution in [0, 0.1) is 5.41 Å². The molecule has 0 bridgehead atoms. The number of ether oxygens (including phenoxy) is 1. The summed E-state index contributed by atoms with van der Waals surface area (Å²) in [7, 11) is 0. The second-order valence-electron chi connectivity index (χ2n) is 11.6. The number of alkyl halides is 5. The van der Waals surface area contributed by atoms with Crippen molar-refractivity contribution in [2.24, 2.45) is 5.41 Å². The number of thioether (sulfide) groups is 1. The normalized spacial score (nSPS) is 18.7. The number of rotatable bonds is 17. The molecule has 2 atom stereocenters. The van der Waals surface area contributed by atoms with Gasteiger partial charge < -0.3 is 25.2 Å².